The van der Waals surface area contributed by atoms with Crippen LogP contribution in [0.5, 0.6) is 0 Å². The van der Waals surface area contributed by atoms with E-state index in [1.807, 2.05) is 0 Å². The van der Waals surface area contributed by atoms with Crippen LogP contribution in [0.3, 0.4) is 0 Å². The Morgan fingerprint density at radius 2 is 1.69 bits per heavy atom. The number of hydrogen-bond acceptors (Lipinski definition) is 6. The smallest absolute Gasteiger partial charge is 1.00 e. The molecule has 2 atom stereocenters. The topological polar surface area (TPSA) is 144 Å². The van der Waals surface area contributed by atoms with Gasteiger partial charge in [-0.3, -0.25) is 4.79 Å². The molecule has 7 nitrogen and oxygen atoms in total. The second-order valence-electron chi connectivity index (χ2n) is 1.95. The Labute approximate surface area is 108 Å². The van der Waals surface area contributed by atoms with E-state index in [1.54, 1.807) is 0 Å². The number of nitrogens with two attached hydrogens (primary N) is 1. The van der Waals surface area contributed by atoms with Crippen molar-refractivity contribution < 1.29 is 32.9 Å². The van der Waals surface area contributed by atoms with Gasteiger partial charge in [-0.25, -0.2) is 0 Å². The van der Waals surface area contributed by atoms with Crippen LogP contribution >= 0.6 is 0 Å². The molecule has 0 aromatic heterocycles. The summed E-state index contributed by atoms with van der Waals surface area (Å²) in [6.07, 6.45) is -0.979. The fraction of sp³-hybridized carbons (Fsp3) is 0.750. The second-order valence-corrected chi connectivity index (χ2v) is 1.95. The van der Waals surface area contributed by atoms with Crippen molar-refractivity contribution in [1.82, 2.24) is 0 Å². The standard InChI is InChI=1S/C4H9NO3.BH3O3.Ca.2H/c1-2(6)3(5)4(7)8;2-1(3)4;;;/h2-3,6H,5H2,1H3,(H,7,8);2-4H;;;/q;;+2;2*-1. The van der Waals surface area contributed by atoms with Gasteiger partial charge in [0.2, 0.25) is 0 Å². The van der Waals surface area contributed by atoms with Gasteiger partial charge in [-0.15, -0.1) is 0 Å². The van der Waals surface area contributed by atoms with E-state index in [2.05, 4.69) is 0 Å². The predicted molar refractivity (Wildman–Crippen MR) is 47.7 cm³/mol. The summed E-state index contributed by atoms with van der Waals surface area (Å²) < 4.78 is 0. The minimum absolute atomic E-state index is 0. The molecule has 0 aliphatic rings. The van der Waals surface area contributed by atoms with Crippen LogP contribution in [-0.4, -0.2) is 88.5 Å². The molecule has 0 aromatic carbocycles. The Bertz CT molecular complexity index is 140. The van der Waals surface area contributed by atoms with Crippen molar-refractivity contribution in [2.24, 2.45) is 5.73 Å². The molecule has 76 valence electrons. The number of aliphatic carboxylic acids is 1. The molecule has 0 rings (SSSR count). The third-order valence-electron chi connectivity index (χ3n) is 0.805. The molecule has 13 heavy (non-hydrogen) atoms. The molecule has 2 unspecified atom stereocenters. The molecule has 0 spiro atoms. The summed E-state index contributed by atoms with van der Waals surface area (Å²) >= 11 is 0. The van der Waals surface area contributed by atoms with E-state index in [1.165, 1.54) is 6.92 Å². The summed E-state index contributed by atoms with van der Waals surface area (Å²) in [5, 5.41) is 38.1. The van der Waals surface area contributed by atoms with Gasteiger partial charge in [0.05, 0.1) is 6.10 Å². The first-order chi connectivity index (χ1) is 5.29. The van der Waals surface area contributed by atoms with Gasteiger partial charge >= 0.3 is 51.0 Å². The normalized spacial score (nSPS) is 12.8. The van der Waals surface area contributed by atoms with Crippen molar-refractivity contribution in [2.45, 2.75) is 19.1 Å². The number of aliphatic hydroxyl groups excluding tert-OH is 1. The third-order valence-corrected chi connectivity index (χ3v) is 0.805. The second kappa shape index (κ2) is 10.7. The summed E-state index contributed by atoms with van der Waals surface area (Å²) in [7, 11) is -2.17. The zero-order valence-electron chi connectivity index (χ0n) is 9.16. The Balaban J connectivity index is -0.0000000424. The van der Waals surface area contributed by atoms with E-state index in [4.69, 9.17) is 31.0 Å². The molecule has 0 bridgehead atoms. The largest absolute Gasteiger partial charge is 2.00 e. The van der Waals surface area contributed by atoms with E-state index in [9.17, 15) is 4.79 Å². The number of carbonyl (C=O) groups is 1. The first-order valence-electron chi connectivity index (χ1n) is 2.99. The summed E-state index contributed by atoms with van der Waals surface area (Å²) in [6.45, 7) is 1.33. The Morgan fingerprint density at radius 1 is 1.46 bits per heavy atom. The van der Waals surface area contributed by atoms with Crippen molar-refractivity contribution in [2.75, 3.05) is 0 Å². The van der Waals surface area contributed by atoms with Crippen LogP contribution in [0.1, 0.15) is 9.78 Å². The number of hydrogen-bond donors (Lipinski definition) is 6. The first kappa shape index (κ1) is 19.2. The van der Waals surface area contributed by atoms with Gasteiger partial charge in [-0.1, -0.05) is 0 Å². The fourth-order valence-corrected chi connectivity index (χ4v) is 0.206. The van der Waals surface area contributed by atoms with Crippen LogP contribution in [0.25, 0.3) is 0 Å². The van der Waals surface area contributed by atoms with Crippen LogP contribution in [0.4, 0.5) is 0 Å². The molecule has 9 heteroatoms. The fourth-order valence-electron chi connectivity index (χ4n) is 0.206. The first-order valence-corrected chi connectivity index (χ1v) is 2.99. The summed E-state index contributed by atoms with van der Waals surface area (Å²) in [5.41, 5.74) is 4.91. The van der Waals surface area contributed by atoms with Gasteiger partial charge in [0.1, 0.15) is 6.04 Å². The van der Waals surface area contributed by atoms with E-state index in [-0.39, 0.29) is 40.6 Å². The molecule has 0 saturated heterocycles. The van der Waals surface area contributed by atoms with Gasteiger partial charge in [0.25, 0.3) is 0 Å². The monoisotopic (exact) mass is 223 g/mol. The minimum atomic E-state index is -2.17. The maximum atomic E-state index is 9.86. The molecule has 0 aromatic rings. The van der Waals surface area contributed by atoms with E-state index < -0.39 is 25.4 Å². The summed E-state index contributed by atoms with van der Waals surface area (Å²) in [5.74, 6) is -1.18. The van der Waals surface area contributed by atoms with Crippen LogP contribution in [0.2, 0.25) is 0 Å². The number of carboxylic acids is 1. The zero-order chi connectivity index (χ0) is 10.3. The zero-order valence-corrected chi connectivity index (χ0v) is 9.37. The summed E-state index contributed by atoms with van der Waals surface area (Å²) in [4.78, 5) is 9.86. The SMILES string of the molecule is CC(O)C(N)C(=O)O.OB(O)O.[Ca+2].[H-].[H-]. The van der Waals surface area contributed by atoms with E-state index in [0.29, 0.717) is 0 Å². The third kappa shape index (κ3) is 19.1. The average molecular weight is 223 g/mol. The van der Waals surface area contributed by atoms with Crippen molar-refractivity contribution in [1.29, 1.82) is 0 Å². The van der Waals surface area contributed by atoms with Crippen molar-refractivity contribution in [3.63, 3.8) is 0 Å². The van der Waals surface area contributed by atoms with Crippen molar-refractivity contribution >= 4 is 51.0 Å². The summed E-state index contributed by atoms with van der Waals surface area (Å²) in [6, 6.07) is -1.16. The Kier molecular flexibility index (Phi) is 15.8. The van der Waals surface area contributed by atoms with Gasteiger partial charge in [0.15, 0.2) is 0 Å². The van der Waals surface area contributed by atoms with Gasteiger partial charge < -0.3 is 33.9 Å². The Hall–Kier alpha value is 0.595. The van der Waals surface area contributed by atoms with E-state index in [0.717, 1.165) is 0 Å². The van der Waals surface area contributed by atoms with Crippen LogP contribution in [0.15, 0.2) is 0 Å². The van der Waals surface area contributed by atoms with Gasteiger partial charge in [-0.2, -0.15) is 0 Å². The van der Waals surface area contributed by atoms with E-state index >= 15 is 0 Å². The molecule has 7 N–H and O–H groups in total. The molecule has 0 aliphatic carbocycles. The minimum Gasteiger partial charge on any atom is -1.00 e. The molecule has 0 fully saturated rings. The van der Waals surface area contributed by atoms with Crippen LogP contribution in [0, 0.1) is 0 Å². The predicted octanol–water partition coefficient (Wildman–Crippen LogP) is -3.43. The van der Waals surface area contributed by atoms with Crippen LogP contribution in [-0.2, 0) is 4.79 Å². The average Bonchev–Trinajstić information content (AvgIpc) is 1.84. The number of rotatable bonds is 2. The Morgan fingerprint density at radius 3 is 1.69 bits per heavy atom. The number of aliphatic hydroxyl groups is 1. The maximum absolute atomic E-state index is 9.86. The van der Waals surface area contributed by atoms with Crippen molar-refractivity contribution in [3.05, 3.63) is 0 Å². The molecule has 0 aliphatic heterocycles. The van der Waals surface area contributed by atoms with Gasteiger partial charge in [0, 0.05) is 0 Å². The molecular weight excluding hydrogens is 209 g/mol. The molecule has 0 saturated carbocycles. The molecule has 0 amide bonds. The molecule has 0 heterocycles. The van der Waals surface area contributed by atoms with Gasteiger partial charge in [-0.05, 0) is 6.92 Å². The maximum Gasteiger partial charge on any atom is 2.00 e. The van der Waals surface area contributed by atoms with Crippen molar-refractivity contribution in [3.8, 4) is 0 Å². The van der Waals surface area contributed by atoms with Crippen LogP contribution < -0.4 is 5.73 Å². The quantitative estimate of drug-likeness (QED) is 0.267. The molecule has 0 radical (unpaired) electrons. The number of carboxylic acid groups (broad SMARTS) is 1. The molecular formula is C4H14BCaNO6.